The van der Waals surface area contributed by atoms with Crippen LogP contribution in [-0.2, 0) is 19.1 Å². The molecule has 1 aromatic rings. The van der Waals surface area contributed by atoms with E-state index >= 15 is 0 Å². The van der Waals surface area contributed by atoms with Gasteiger partial charge >= 0.3 is 12.1 Å². The summed E-state index contributed by atoms with van der Waals surface area (Å²) in [4.78, 5) is 51.2. The lowest BCUT2D eigenvalue weighted by Crippen LogP contribution is -2.43. The van der Waals surface area contributed by atoms with Crippen LogP contribution in [-0.4, -0.2) is 59.9 Å². The molecule has 29 heavy (non-hydrogen) atoms. The molecule has 1 rings (SSSR count). The first-order chi connectivity index (χ1) is 13.4. The molecule has 1 atom stereocenters. The van der Waals surface area contributed by atoms with Crippen molar-refractivity contribution in [2.45, 2.75) is 50.6 Å². The first kappa shape index (κ1) is 24.7. The van der Waals surface area contributed by atoms with Crippen LogP contribution >= 0.6 is 23.1 Å². The Morgan fingerprint density at radius 2 is 1.90 bits per heavy atom. The first-order valence-electron chi connectivity index (χ1n) is 8.67. The molecule has 3 N–H and O–H groups in total. The number of hydrogen-bond donors (Lipinski definition) is 3. The Hall–Kier alpha value is -2.34. The molecular weight excluding hydrogens is 420 g/mol. The maximum Gasteiger partial charge on any atom is 0.407 e. The number of aromatic nitrogens is 1. The van der Waals surface area contributed by atoms with Crippen molar-refractivity contribution < 1.29 is 28.7 Å². The van der Waals surface area contributed by atoms with Gasteiger partial charge in [0.15, 0.2) is 16.6 Å². The van der Waals surface area contributed by atoms with E-state index in [4.69, 9.17) is 4.74 Å². The zero-order chi connectivity index (χ0) is 22.2. The van der Waals surface area contributed by atoms with Crippen LogP contribution in [0.2, 0.25) is 0 Å². The van der Waals surface area contributed by atoms with E-state index in [9.17, 15) is 19.2 Å². The largest absolute Gasteiger partial charge is 0.456 e. The second-order valence-electron chi connectivity index (χ2n) is 6.95. The maximum atomic E-state index is 12.6. The number of hydrogen-bond acceptors (Lipinski definition) is 9. The van der Waals surface area contributed by atoms with Gasteiger partial charge in [-0.3, -0.25) is 14.4 Å². The number of ether oxygens (including phenoxy) is 2. The standard InChI is InChI=1S/C17H26N4O6S2/c1-9(7-18-15(25)27-17(3,4)5)19-13(24)12-14(29-16(21-12)28-6)20-11(23)8-26-10(2)22/h9H,7-8H2,1-6H3,(H,18,25)(H,19,24)(H,20,23)/t9-/m1/s1. The van der Waals surface area contributed by atoms with Crippen LogP contribution in [0.25, 0.3) is 0 Å². The van der Waals surface area contributed by atoms with Gasteiger partial charge in [0.25, 0.3) is 11.8 Å². The second-order valence-corrected chi connectivity index (χ2v) is 9.00. The van der Waals surface area contributed by atoms with Gasteiger partial charge in [0, 0.05) is 19.5 Å². The summed E-state index contributed by atoms with van der Waals surface area (Å²) < 4.78 is 10.4. The molecule has 12 heteroatoms. The molecule has 0 aliphatic rings. The fourth-order valence-corrected chi connectivity index (χ4v) is 3.33. The first-order valence-corrected chi connectivity index (χ1v) is 10.7. The van der Waals surface area contributed by atoms with Crippen molar-refractivity contribution in [1.29, 1.82) is 0 Å². The summed E-state index contributed by atoms with van der Waals surface area (Å²) in [6.07, 6.45) is 1.20. The Morgan fingerprint density at radius 1 is 1.24 bits per heavy atom. The highest BCUT2D eigenvalue weighted by Gasteiger charge is 2.22. The van der Waals surface area contributed by atoms with Crippen molar-refractivity contribution in [1.82, 2.24) is 15.6 Å². The summed E-state index contributed by atoms with van der Waals surface area (Å²) in [6.45, 7) is 7.84. The van der Waals surface area contributed by atoms with Crippen LogP contribution in [0, 0.1) is 0 Å². The topological polar surface area (TPSA) is 136 Å². The van der Waals surface area contributed by atoms with E-state index in [0.29, 0.717) is 4.34 Å². The Morgan fingerprint density at radius 3 is 2.45 bits per heavy atom. The molecule has 0 aliphatic carbocycles. The van der Waals surface area contributed by atoms with Gasteiger partial charge < -0.3 is 25.4 Å². The molecule has 0 fully saturated rings. The van der Waals surface area contributed by atoms with Crippen molar-refractivity contribution in [3.63, 3.8) is 0 Å². The Kier molecular flexibility index (Phi) is 9.37. The number of carbonyl (C=O) groups is 4. The highest BCUT2D eigenvalue weighted by atomic mass is 32.2. The number of alkyl carbamates (subject to hydrolysis) is 1. The number of anilines is 1. The number of rotatable bonds is 8. The molecule has 1 heterocycles. The number of nitrogens with zero attached hydrogens (tertiary/aromatic N) is 1. The molecule has 1 aromatic heterocycles. The lowest BCUT2D eigenvalue weighted by atomic mass is 10.2. The highest BCUT2D eigenvalue weighted by molar-refractivity contribution is 8.00. The van der Waals surface area contributed by atoms with E-state index in [0.717, 1.165) is 11.3 Å². The van der Waals surface area contributed by atoms with Crippen molar-refractivity contribution in [2.75, 3.05) is 24.7 Å². The van der Waals surface area contributed by atoms with Crippen molar-refractivity contribution in [2.24, 2.45) is 0 Å². The molecule has 0 saturated heterocycles. The molecule has 0 unspecified atom stereocenters. The molecule has 0 saturated carbocycles. The van der Waals surface area contributed by atoms with Gasteiger partial charge in [-0.1, -0.05) is 23.1 Å². The quantitative estimate of drug-likeness (QED) is 0.408. The SMILES string of the molecule is CSc1nc(C(=O)N[C@H](C)CNC(=O)OC(C)(C)C)c(NC(=O)COC(C)=O)s1. The Bertz CT molecular complexity index is 760. The molecule has 162 valence electrons. The summed E-state index contributed by atoms with van der Waals surface area (Å²) in [6, 6.07) is -0.418. The fraction of sp³-hybridized carbons (Fsp3) is 0.588. The molecule has 0 spiro atoms. The summed E-state index contributed by atoms with van der Waals surface area (Å²) in [5.74, 6) is -1.67. The maximum absolute atomic E-state index is 12.6. The Labute approximate surface area is 177 Å². The number of carbonyl (C=O) groups excluding carboxylic acids is 4. The van der Waals surface area contributed by atoms with Crippen LogP contribution in [0.4, 0.5) is 9.80 Å². The molecule has 0 bridgehead atoms. The summed E-state index contributed by atoms with van der Waals surface area (Å²) in [5, 5.41) is 8.05. The van der Waals surface area contributed by atoms with Crippen molar-refractivity contribution >= 4 is 52.0 Å². The van der Waals surface area contributed by atoms with E-state index in [1.165, 1.54) is 18.7 Å². The van der Waals surface area contributed by atoms with E-state index < -0.39 is 42.1 Å². The van der Waals surface area contributed by atoms with E-state index in [-0.39, 0.29) is 17.2 Å². The van der Waals surface area contributed by atoms with Crippen molar-refractivity contribution in [3.8, 4) is 0 Å². The third-order valence-corrected chi connectivity index (χ3v) is 4.94. The third kappa shape index (κ3) is 9.61. The minimum Gasteiger partial charge on any atom is -0.456 e. The molecule has 3 amide bonds. The van der Waals surface area contributed by atoms with Gasteiger partial charge in [-0.2, -0.15) is 0 Å². The number of nitrogens with one attached hydrogen (secondary N) is 3. The predicted molar refractivity (Wildman–Crippen MR) is 110 cm³/mol. The normalized spacial score (nSPS) is 11.9. The zero-order valence-corrected chi connectivity index (χ0v) is 18.8. The van der Waals surface area contributed by atoms with E-state index in [1.807, 2.05) is 0 Å². The van der Waals surface area contributed by atoms with E-state index in [2.05, 4.69) is 25.7 Å². The van der Waals surface area contributed by atoms with Crippen LogP contribution in [0.1, 0.15) is 45.1 Å². The Balaban J connectivity index is 2.70. The summed E-state index contributed by atoms with van der Waals surface area (Å²) in [5.41, 5.74) is -0.579. The fourth-order valence-electron chi connectivity index (χ4n) is 1.85. The minimum atomic E-state index is -0.620. The summed E-state index contributed by atoms with van der Waals surface area (Å²) in [7, 11) is 0. The van der Waals surface area contributed by atoms with E-state index in [1.54, 1.807) is 34.0 Å². The van der Waals surface area contributed by atoms with Gasteiger partial charge in [-0.25, -0.2) is 9.78 Å². The zero-order valence-electron chi connectivity index (χ0n) is 17.2. The van der Waals surface area contributed by atoms with Crippen LogP contribution in [0.15, 0.2) is 4.34 Å². The highest BCUT2D eigenvalue weighted by Crippen LogP contribution is 2.30. The van der Waals surface area contributed by atoms with Gasteiger partial charge in [0.05, 0.1) is 0 Å². The molecule has 10 nitrogen and oxygen atoms in total. The van der Waals surface area contributed by atoms with Crippen LogP contribution in [0.5, 0.6) is 0 Å². The van der Waals surface area contributed by atoms with Crippen molar-refractivity contribution in [3.05, 3.63) is 5.69 Å². The smallest absolute Gasteiger partial charge is 0.407 e. The monoisotopic (exact) mass is 446 g/mol. The lowest BCUT2D eigenvalue weighted by Gasteiger charge is -2.21. The molecular formula is C17H26N4O6S2. The third-order valence-electron chi connectivity index (χ3n) is 2.99. The van der Waals surface area contributed by atoms with Crippen LogP contribution in [0.3, 0.4) is 0 Å². The van der Waals surface area contributed by atoms with Gasteiger partial charge in [0.1, 0.15) is 10.6 Å². The molecule has 0 aliphatic heterocycles. The molecule has 0 radical (unpaired) electrons. The lowest BCUT2D eigenvalue weighted by molar-refractivity contribution is -0.144. The predicted octanol–water partition coefficient (Wildman–Crippen LogP) is 2.01. The minimum absolute atomic E-state index is 0.0413. The van der Waals surface area contributed by atoms with Gasteiger partial charge in [-0.05, 0) is 34.0 Å². The summed E-state index contributed by atoms with van der Waals surface area (Å²) >= 11 is 2.45. The average molecular weight is 447 g/mol. The number of thiazole rings is 1. The molecule has 0 aromatic carbocycles. The van der Waals surface area contributed by atoms with Crippen LogP contribution < -0.4 is 16.0 Å². The number of thioether (sulfide) groups is 1. The second kappa shape index (κ2) is 11.0. The van der Waals surface area contributed by atoms with Gasteiger partial charge in [0.2, 0.25) is 0 Å². The number of amides is 3. The van der Waals surface area contributed by atoms with Gasteiger partial charge in [-0.15, -0.1) is 0 Å². The average Bonchev–Trinajstić information content (AvgIpc) is 2.99. The number of esters is 1.